The molecule has 2 rings (SSSR count). The summed E-state index contributed by atoms with van der Waals surface area (Å²) in [5, 5.41) is 10.1. The van der Waals surface area contributed by atoms with Crippen molar-refractivity contribution in [3.05, 3.63) is 28.0 Å². The predicted molar refractivity (Wildman–Crippen MR) is 34.1 cm³/mol. The molecule has 1 aromatic rings. The molecule has 0 saturated carbocycles. The minimum absolute atomic E-state index is 0.0521. The Morgan fingerprint density at radius 1 is 1.64 bits per heavy atom. The third-order valence-electron chi connectivity index (χ3n) is 1.44. The van der Waals surface area contributed by atoms with Gasteiger partial charge in [0, 0.05) is 0 Å². The monoisotopic (exact) mass is 155 g/mol. The van der Waals surface area contributed by atoms with E-state index < -0.39 is 4.92 Å². The lowest BCUT2D eigenvalue weighted by molar-refractivity contribution is -0.402. The molecule has 5 heteroatoms. The molecule has 1 aliphatic heterocycles. The van der Waals surface area contributed by atoms with Crippen LogP contribution in [0, 0.1) is 10.1 Å². The second-order valence-electron chi connectivity index (χ2n) is 2.26. The van der Waals surface area contributed by atoms with Crippen molar-refractivity contribution in [3.8, 4) is 0 Å². The van der Waals surface area contributed by atoms with Gasteiger partial charge in [-0.2, -0.15) is 0 Å². The number of epoxide rings is 1. The van der Waals surface area contributed by atoms with Gasteiger partial charge in [-0.25, -0.2) is 0 Å². The first-order chi connectivity index (χ1) is 5.27. The lowest BCUT2D eigenvalue weighted by Crippen LogP contribution is -1.82. The Morgan fingerprint density at radius 3 is 2.82 bits per heavy atom. The maximum absolute atomic E-state index is 10.1. The summed E-state index contributed by atoms with van der Waals surface area (Å²) in [6.07, 6.45) is -0.0521. The zero-order chi connectivity index (χ0) is 7.84. The normalized spacial score (nSPS) is 21.6. The van der Waals surface area contributed by atoms with Crippen molar-refractivity contribution in [2.75, 3.05) is 6.61 Å². The van der Waals surface area contributed by atoms with Gasteiger partial charge in [-0.05, 0) is 6.07 Å². The van der Waals surface area contributed by atoms with E-state index in [0.717, 1.165) is 0 Å². The van der Waals surface area contributed by atoms with E-state index in [2.05, 4.69) is 0 Å². The van der Waals surface area contributed by atoms with Crippen LogP contribution in [-0.4, -0.2) is 11.5 Å². The summed E-state index contributed by atoms with van der Waals surface area (Å²) in [5.41, 5.74) is 0. The summed E-state index contributed by atoms with van der Waals surface area (Å²) >= 11 is 0. The van der Waals surface area contributed by atoms with Crippen LogP contribution >= 0.6 is 0 Å². The average Bonchev–Trinajstić information content (AvgIpc) is 2.68. The molecule has 0 aromatic carbocycles. The van der Waals surface area contributed by atoms with Crippen LogP contribution in [0.3, 0.4) is 0 Å². The molecule has 1 aliphatic rings. The second-order valence-corrected chi connectivity index (χ2v) is 2.26. The number of hydrogen-bond donors (Lipinski definition) is 0. The number of furan rings is 1. The fourth-order valence-corrected chi connectivity index (χ4v) is 0.826. The van der Waals surface area contributed by atoms with Crippen molar-refractivity contribution < 1.29 is 14.1 Å². The van der Waals surface area contributed by atoms with E-state index in [1.165, 1.54) is 6.07 Å². The zero-order valence-electron chi connectivity index (χ0n) is 5.52. The van der Waals surface area contributed by atoms with E-state index in [0.29, 0.717) is 12.4 Å². The van der Waals surface area contributed by atoms with Crippen molar-refractivity contribution in [1.29, 1.82) is 0 Å². The SMILES string of the molecule is O=[N+]([O-])c1ccc([C@@H]2CO2)o1. The summed E-state index contributed by atoms with van der Waals surface area (Å²) in [6.45, 7) is 0.602. The molecule has 0 N–H and O–H groups in total. The quantitative estimate of drug-likeness (QED) is 0.366. The molecule has 5 nitrogen and oxygen atoms in total. The molecule has 1 fully saturated rings. The van der Waals surface area contributed by atoms with Crippen LogP contribution in [0.1, 0.15) is 11.9 Å². The van der Waals surface area contributed by atoms with Gasteiger partial charge in [0.1, 0.15) is 16.8 Å². The Morgan fingerprint density at radius 2 is 2.36 bits per heavy atom. The van der Waals surface area contributed by atoms with Crippen molar-refractivity contribution in [3.63, 3.8) is 0 Å². The first kappa shape index (κ1) is 6.36. The molecule has 2 heterocycles. The van der Waals surface area contributed by atoms with E-state index >= 15 is 0 Å². The molecule has 1 aromatic heterocycles. The first-order valence-corrected chi connectivity index (χ1v) is 3.13. The lowest BCUT2D eigenvalue weighted by Gasteiger charge is -1.83. The van der Waals surface area contributed by atoms with Crippen LogP contribution < -0.4 is 0 Å². The van der Waals surface area contributed by atoms with Crippen LogP contribution in [0.2, 0.25) is 0 Å². The van der Waals surface area contributed by atoms with Crippen molar-refractivity contribution in [1.82, 2.24) is 0 Å². The van der Waals surface area contributed by atoms with Crippen molar-refractivity contribution in [2.45, 2.75) is 6.10 Å². The molecule has 58 valence electrons. The number of nitro groups is 1. The molecule has 1 saturated heterocycles. The molecule has 0 amide bonds. The van der Waals surface area contributed by atoms with Crippen molar-refractivity contribution in [2.24, 2.45) is 0 Å². The Kier molecular flexibility index (Phi) is 1.19. The minimum Gasteiger partial charge on any atom is -0.403 e. The third-order valence-corrected chi connectivity index (χ3v) is 1.44. The lowest BCUT2D eigenvalue weighted by atomic mass is 10.4. The fraction of sp³-hybridized carbons (Fsp3) is 0.333. The van der Waals surface area contributed by atoms with E-state index in [4.69, 9.17) is 9.15 Å². The van der Waals surface area contributed by atoms with Crippen LogP contribution in [0.4, 0.5) is 5.88 Å². The second kappa shape index (κ2) is 2.06. The minimum atomic E-state index is -0.564. The van der Waals surface area contributed by atoms with E-state index in [1.807, 2.05) is 0 Å². The maximum atomic E-state index is 10.1. The molecule has 11 heavy (non-hydrogen) atoms. The van der Waals surface area contributed by atoms with Crippen molar-refractivity contribution >= 4 is 5.88 Å². The van der Waals surface area contributed by atoms with Crippen LogP contribution in [0.15, 0.2) is 16.5 Å². The highest BCUT2D eigenvalue weighted by atomic mass is 16.7. The van der Waals surface area contributed by atoms with E-state index in [9.17, 15) is 10.1 Å². The smallest absolute Gasteiger partial charge is 0.403 e. The molecule has 0 radical (unpaired) electrons. The highest BCUT2D eigenvalue weighted by Crippen LogP contribution is 2.32. The summed E-state index contributed by atoms with van der Waals surface area (Å²) in [6, 6.07) is 2.90. The Labute approximate surface area is 61.7 Å². The van der Waals surface area contributed by atoms with Gasteiger partial charge in [-0.15, -0.1) is 0 Å². The van der Waals surface area contributed by atoms with Crippen LogP contribution in [0.5, 0.6) is 0 Å². The summed E-state index contributed by atoms with van der Waals surface area (Å²) in [5.74, 6) is 0.312. The predicted octanol–water partition coefficient (Wildman–Crippen LogP) is 1.26. The number of nitrogens with zero attached hydrogens (tertiary/aromatic N) is 1. The zero-order valence-corrected chi connectivity index (χ0v) is 5.52. The number of ether oxygens (including phenoxy) is 1. The van der Waals surface area contributed by atoms with Gasteiger partial charge in [0.2, 0.25) is 0 Å². The molecular weight excluding hydrogens is 150 g/mol. The highest BCUT2D eigenvalue weighted by Gasteiger charge is 2.29. The van der Waals surface area contributed by atoms with E-state index in [-0.39, 0.29) is 12.0 Å². The van der Waals surface area contributed by atoms with Gasteiger partial charge >= 0.3 is 5.88 Å². The maximum Gasteiger partial charge on any atom is 0.433 e. The summed E-state index contributed by atoms with van der Waals surface area (Å²) in [7, 11) is 0. The average molecular weight is 155 g/mol. The molecule has 0 spiro atoms. The van der Waals surface area contributed by atoms with Gasteiger partial charge in [0.15, 0.2) is 0 Å². The largest absolute Gasteiger partial charge is 0.433 e. The number of rotatable bonds is 2. The molecule has 1 atom stereocenters. The Bertz CT molecular complexity index is 289. The summed E-state index contributed by atoms with van der Waals surface area (Å²) in [4.78, 5) is 9.56. The summed E-state index contributed by atoms with van der Waals surface area (Å²) < 4.78 is 9.72. The van der Waals surface area contributed by atoms with Crippen LogP contribution in [0.25, 0.3) is 0 Å². The molecule has 0 bridgehead atoms. The van der Waals surface area contributed by atoms with Gasteiger partial charge in [0.25, 0.3) is 0 Å². The van der Waals surface area contributed by atoms with Gasteiger partial charge in [-0.1, -0.05) is 0 Å². The third kappa shape index (κ3) is 1.10. The Hall–Kier alpha value is -1.36. The first-order valence-electron chi connectivity index (χ1n) is 3.13. The van der Waals surface area contributed by atoms with Gasteiger partial charge in [-0.3, -0.25) is 10.1 Å². The van der Waals surface area contributed by atoms with Crippen LogP contribution in [-0.2, 0) is 4.74 Å². The molecular formula is C6H5NO4. The van der Waals surface area contributed by atoms with E-state index in [1.54, 1.807) is 6.07 Å². The topological polar surface area (TPSA) is 68.8 Å². The molecule has 0 aliphatic carbocycles. The molecule has 0 unspecified atom stereocenters. The van der Waals surface area contributed by atoms with Gasteiger partial charge in [0.05, 0.1) is 12.7 Å². The fourth-order valence-electron chi connectivity index (χ4n) is 0.826. The highest BCUT2D eigenvalue weighted by molar-refractivity contribution is 5.20. The standard InChI is InChI=1S/C6H5NO4/c8-7(9)6-2-1-4(11-6)5-3-10-5/h1-2,5H,3H2/t5-/m0/s1. The number of hydrogen-bond acceptors (Lipinski definition) is 4. The van der Waals surface area contributed by atoms with Gasteiger partial charge < -0.3 is 9.15 Å². The Balaban J connectivity index is 2.25.